The van der Waals surface area contributed by atoms with Crippen molar-refractivity contribution in [2.24, 2.45) is 0 Å². The number of rotatable bonds is 5. The van der Waals surface area contributed by atoms with Gasteiger partial charge in [-0.15, -0.1) is 11.3 Å². The highest BCUT2D eigenvalue weighted by atomic mass is 32.1. The first-order chi connectivity index (χ1) is 28.3. The number of para-hydroxylation sites is 3. The van der Waals surface area contributed by atoms with Crippen molar-refractivity contribution in [3.63, 3.8) is 0 Å². The molecule has 0 aliphatic heterocycles. The quantitative estimate of drug-likeness (QED) is 0.166. The summed E-state index contributed by atoms with van der Waals surface area (Å²) in [7, 11) is 0. The summed E-state index contributed by atoms with van der Waals surface area (Å²) in [6, 6.07) is 75.7. The molecule has 0 saturated heterocycles. The molecule has 0 saturated carbocycles. The number of hydrogen-bond donors (Lipinski definition) is 0. The van der Waals surface area contributed by atoms with Crippen LogP contribution in [0.4, 0.5) is 0 Å². The zero-order chi connectivity index (χ0) is 37.5. The van der Waals surface area contributed by atoms with E-state index in [9.17, 15) is 0 Å². The molecule has 3 heteroatoms. The van der Waals surface area contributed by atoms with Gasteiger partial charge in [0.1, 0.15) is 0 Å². The van der Waals surface area contributed by atoms with E-state index in [1.807, 2.05) is 11.3 Å². The van der Waals surface area contributed by atoms with E-state index in [4.69, 9.17) is 0 Å². The van der Waals surface area contributed by atoms with Crippen LogP contribution in [-0.2, 0) is 0 Å². The van der Waals surface area contributed by atoms with Crippen molar-refractivity contribution in [1.29, 1.82) is 0 Å². The first-order valence-electron chi connectivity index (χ1n) is 19.5. The number of hydrogen-bond acceptors (Lipinski definition) is 1. The van der Waals surface area contributed by atoms with E-state index >= 15 is 0 Å². The molecule has 0 atom stereocenters. The Labute approximate surface area is 333 Å². The van der Waals surface area contributed by atoms with Crippen molar-refractivity contribution in [2.75, 3.05) is 0 Å². The molecule has 0 bridgehead atoms. The summed E-state index contributed by atoms with van der Waals surface area (Å²) in [4.78, 5) is 0. The van der Waals surface area contributed by atoms with Crippen LogP contribution in [0, 0.1) is 0 Å². The maximum Gasteiger partial charge on any atom is 0.0618 e. The Balaban J connectivity index is 1.06. The number of aromatic nitrogens is 2. The van der Waals surface area contributed by atoms with Gasteiger partial charge >= 0.3 is 0 Å². The summed E-state index contributed by atoms with van der Waals surface area (Å²) in [5.41, 5.74) is 14.4. The summed E-state index contributed by atoms with van der Waals surface area (Å²) >= 11 is 1.86. The van der Waals surface area contributed by atoms with Gasteiger partial charge < -0.3 is 9.13 Å². The molecule has 57 heavy (non-hydrogen) atoms. The fraction of sp³-hybridized carbons (Fsp3) is 0. The van der Waals surface area contributed by atoms with Crippen LogP contribution in [0.5, 0.6) is 0 Å². The summed E-state index contributed by atoms with van der Waals surface area (Å²) in [6.07, 6.45) is 0. The Bertz CT molecular complexity index is 3450. The Hall–Kier alpha value is -7.20. The van der Waals surface area contributed by atoms with Gasteiger partial charge in [0.2, 0.25) is 0 Å². The molecule has 9 aromatic carbocycles. The molecule has 0 aliphatic rings. The van der Waals surface area contributed by atoms with E-state index in [2.05, 4.69) is 215 Å². The van der Waals surface area contributed by atoms with Crippen LogP contribution in [0.1, 0.15) is 0 Å². The average Bonchev–Trinajstić information content (AvgIpc) is 3.93. The Morgan fingerprint density at radius 3 is 1.40 bits per heavy atom. The lowest BCUT2D eigenvalue weighted by atomic mass is 9.95. The van der Waals surface area contributed by atoms with Crippen LogP contribution in [-0.4, -0.2) is 9.13 Å². The second kappa shape index (κ2) is 12.7. The lowest BCUT2D eigenvalue weighted by Gasteiger charge is -2.19. The second-order valence-corrected chi connectivity index (χ2v) is 16.0. The van der Waals surface area contributed by atoms with Crippen LogP contribution in [0.3, 0.4) is 0 Å². The normalized spacial score (nSPS) is 11.9. The molecule has 266 valence electrons. The predicted molar refractivity (Wildman–Crippen MR) is 244 cm³/mol. The molecule has 0 radical (unpaired) electrons. The molecule has 0 fully saturated rings. The zero-order valence-corrected chi connectivity index (χ0v) is 31.7. The van der Waals surface area contributed by atoms with Crippen LogP contribution in [0.25, 0.3) is 109 Å². The monoisotopic (exact) mass is 742 g/mol. The molecule has 12 rings (SSSR count). The molecule has 2 nitrogen and oxygen atoms in total. The molecular weight excluding hydrogens is 709 g/mol. The molecule has 0 spiro atoms. The topological polar surface area (TPSA) is 9.86 Å². The first kappa shape index (κ1) is 32.1. The van der Waals surface area contributed by atoms with Crippen LogP contribution in [0.15, 0.2) is 206 Å². The van der Waals surface area contributed by atoms with Gasteiger partial charge in [0.25, 0.3) is 0 Å². The highest BCUT2D eigenvalue weighted by Gasteiger charge is 2.21. The fourth-order valence-corrected chi connectivity index (χ4v) is 10.2. The van der Waals surface area contributed by atoms with E-state index in [0.717, 1.165) is 0 Å². The molecule has 3 heterocycles. The number of nitrogens with zero attached hydrogens (tertiary/aromatic N) is 2. The third-order valence-electron chi connectivity index (χ3n) is 11.7. The molecular formula is C54H34N2S. The lowest BCUT2D eigenvalue weighted by molar-refractivity contribution is 1.18. The van der Waals surface area contributed by atoms with E-state index < -0.39 is 0 Å². The minimum absolute atomic E-state index is 1.19. The average molecular weight is 743 g/mol. The van der Waals surface area contributed by atoms with Crippen molar-refractivity contribution >= 4 is 75.1 Å². The molecule has 0 amide bonds. The highest BCUT2D eigenvalue weighted by Crippen LogP contribution is 2.43. The molecule has 0 aliphatic carbocycles. The maximum atomic E-state index is 2.49. The van der Waals surface area contributed by atoms with Crippen molar-refractivity contribution in [3.8, 4) is 44.8 Å². The van der Waals surface area contributed by atoms with Gasteiger partial charge in [-0.2, -0.15) is 0 Å². The lowest BCUT2D eigenvalue weighted by Crippen LogP contribution is -2.00. The zero-order valence-electron chi connectivity index (χ0n) is 30.9. The van der Waals surface area contributed by atoms with E-state index in [1.54, 1.807) is 0 Å². The van der Waals surface area contributed by atoms with Crippen molar-refractivity contribution in [3.05, 3.63) is 206 Å². The summed E-state index contributed by atoms with van der Waals surface area (Å²) in [5, 5.41) is 7.62. The molecule has 3 aromatic heterocycles. The van der Waals surface area contributed by atoms with Gasteiger partial charge in [0, 0.05) is 58.5 Å². The van der Waals surface area contributed by atoms with Gasteiger partial charge in [0.05, 0.1) is 27.8 Å². The largest absolute Gasteiger partial charge is 0.309 e. The maximum absolute atomic E-state index is 2.49. The van der Waals surface area contributed by atoms with E-state index in [1.165, 1.54) is 109 Å². The van der Waals surface area contributed by atoms with E-state index in [-0.39, 0.29) is 0 Å². The standard InChI is InChI=1S/C54H34N2S/c1-3-14-35(15-4-1)40-21-13-22-41(36-16-5-2-6-17-36)54(40)56-49-24-11-8-19-43(49)46-33-38(27-30-51(46)56)37-26-29-50-45(32-37)42-18-7-10-23-48(42)55(50)39-28-31-53-47(34-39)44-20-9-12-25-52(44)57-53/h1-34H. The minimum Gasteiger partial charge on any atom is -0.309 e. The Morgan fingerprint density at radius 1 is 0.281 bits per heavy atom. The second-order valence-electron chi connectivity index (χ2n) is 14.9. The van der Waals surface area contributed by atoms with Gasteiger partial charge in [-0.1, -0.05) is 146 Å². The highest BCUT2D eigenvalue weighted by molar-refractivity contribution is 7.25. The summed E-state index contributed by atoms with van der Waals surface area (Å²) in [6.45, 7) is 0. The molecule has 0 N–H and O–H groups in total. The van der Waals surface area contributed by atoms with Crippen molar-refractivity contribution < 1.29 is 0 Å². The summed E-state index contributed by atoms with van der Waals surface area (Å²) in [5.74, 6) is 0. The molecule has 12 aromatic rings. The Morgan fingerprint density at radius 2 is 0.772 bits per heavy atom. The van der Waals surface area contributed by atoms with Crippen LogP contribution < -0.4 is 0 Å². The van der Waals surface area contributed by atoms with Gasteiger partial charge in [-0.3, -0.25) is 0 Å². The predicted octanol–water partition coefficient (Wildman–Crippen LogP) is 15.2. The van der Waals surface area contributed by atoms with Gasteiger partial charge in [0.15, 0.2) is 0 Å². The minimum atomic E-state index is 1.19. The van der Waals surface area contributed by atoms with E-state index in [0.29, 0.717) is 0 Å². The third-order valence-corrected chi connectivity index (χ3v) is 12.9. The number of thiophene rings is 1. The van der Waals surface area contributed by atoms with Crippen LogP contribution in [0.2, 0.25) is 0 Å². The SMILES string of the molecule is c1ccc(-c2cccc(-c3ccccc3)c2-n2c3ccccc3c3cc(-c4ccc5c(c4)c4ccccc4n5-c4ccc5sc6ccccc6c5c4)ccc32)cc1. The number of fused-ring (bicyclic) bond motifs is 9. The number of benzene rings is 9. The van der Waals surface area contributed by atoms with Gasteiger partial charge in [-0.25, -0.2) is 0 Å². The fourth-order valence-electron chi connectivity index (χ4n) is 9.16. The van der Waals surface area contributed by atoms with Gasteiger partial charge in [-0.05, 0) is 82.9 Å². The van der Waals surface area contributed by atoms with Crippen molar-refractivity contribution in [2.45, 2.75) is 0 Å². The third kappa shape index (κ3) is 4.96. The van der Waals surface area contributed by atoms with Crippen LogP contribution >= 0.6 is 11.3 Å². The molecule has 0 unspecified atom stereocenters. The Kier molecular flexibility index (Phi) is 7.13. The smallest absolute Gasteiger partial charge is 0.0618 e. The van der Waals surface area contributed by atoms with Crippen molar-refractivity contribution in [1.82, 2.24) is 9.13 Å². The summed E-state index contributed by atoms with van der Waals surface area (Å²) < 4.78 is 7.57. The first-order valence-corrected chi connectivity index (χ1v) is 20.3.